The van der Waals surface area contributed by atoms with Gasteiger partial charge in [-0.3, -0.25) is 24.0 Å². The van der Waals surface area contributed by atoms with Crippen LogP contribution in [0, 0.1) is 34.0 Å². The molecule has 0 spiro atoms. The minimum atomic E-state index is -1.02. The van der Waals surface area contributed by atoms with Crippen LogP contribution in [0.25, 0.3) is 10.8 Å². The average molecular weight is 706 g/mol. The highest BCUT2D eigenvalue weighted by Crippen LogP contribution is 2.65. The fraction of sp³-hybridized carbons (Fsp3) is 0.625. The highest BCUT2D eigenvalue weighted by molar-refractivity contribution is 6.38. The highest BCUT2D eigenvalue weighted by Gasteiger charge is 2.69. The standard InChI is InChI=1S/C40H59N5O6/c1-11-13-18-28(33(47)35(49)41-19-12-2)42-34(48)32-31-27(40(31,9)10)22-45(32)37(51)26(38(3,4)5)20-30(46)43-29(39(6,7)8)23-44-21-24-16-14-15-17-25(24)36(44)50/h12,14-17,21,26-29,31-32,50H,2,11,13,18-20,22-23H2,1,3-10H3,(H,41,49)(H,42,48)(H,43,46)/t26-,27+,28?,29-,31+,32+/m1/s1. The summed E-state index contributed by atoms with van der Waals surface area (Å²) in [4.78, 5) is 69.8. The van der Waals surface area contributed by atoms with Crippen LogP contribution in [0.15, 0.2) is 43.1 Å². The van der Waals surface area contributed by atoms with E-state index in [2.05, 4.69) is 36.4 Å². The summed E-state index contributed by atoms with van der Waals surface area (Å²) in [5.74, 6) is -3.14. The maximum atomic E-state index is 14.5. The van der Waals surface area contributed by atoms with Crippen LogP contribution < -0.4 is 16.0 Å². The van der Waals surface area contributed by atoms with Crippen LogP contribution in [0.1, 0.15) is 88.0 Å². The molecule has 1 aromatic heterocycles. The van der Waals surface area contributed by atoms with Crippen molar-refractivity contribution in [2.24, 2.45) is 34.0 Å². The molecule has 4 amide bonds. The van der Waals surface area contributed by atoms with Crippen molar-refractivity contribution in [3.8, 4) is 5.88 Å². The van der Waals surface area contributed by atoms with Crippen LogP contribution in [0.2, 0.25) is 0 Å². The Morgan fingerprint density at radius 1 is 1.04 bits per heavy atom. The molecule has 1 aliphatic heterocycles. The van der Waals surface area contributed by atoms with E-state index in [0.29, 0.717) is 25.9 Å². The van der Waals surface area contributed by atoms with Crippen molar-refractivity contribution in [2.45, 2.75) is 113 Å². The first kappa shape index (κ1) is 39.6. The molecule has 2 aromatic rings. The van der Waals surface area contributed by atoms with E-state index in [1.165, 1.54) is 6.08 Å². The van der Waals surface area contributed by atoms with E-state index in [9.17, 15) is 29.1 Å². The lowest BCUT2D eigenvalue weighted by molar-refractivity contribution is -0.149. The minimum absolute atomic E-state index is 0.0841. The fourth-order valence-electron chi connectivity index (χ4n) is 7.63. The van der Waals surface area contributed by atoms with Crippen LogP contribution in [0.3, 0.4) is 0 Å². The lowest BCUT2D eigenvalue weighted by Crippen LogP contribution is -2.57. The summed E-state index contributed by atoms with van der Waals surface area (Å²) < 4.78 is 1.75. The van der Waals surface area contributed by atoms with Gasteiger partial charge >= 0.3 is 0 Å². The summed E-state index contributed by atoms with van der Waals surface area (Å²) in [5, 5.41) is 21.1. The number of nitrogens with one attached hydrogen (secondary N) is 3. The second-order valence-corrected chi connectivity index (χ2v) is 17.3. The van der Waals surface area contributed by atoms with E-state index < -0.39 is 41.0 Å². The van der Waals surface area contributed by atoms with E-state index in [4.69, 9.17) is 0 Å². The zero-order chi connectivity index (χ0) is 38.1. The van der Waals surface area contributed by atoms with E-state index in [-0.39, 0.29) is 59.4 Å². The molecule has 0 radical (unpaired) electrons. The lowest BCUT2D eigenvalue weighted by atomic mass is 9.77. The van der Waals surface area contributed by atoms with Crippen LogP contribution in [-0.2, 0) is 30.5 Å². The maximum Gasteiger partial charge on any atom is 0.289 e. The number of aromatic hydroxyl groups is 1. The zero-order valence-corrected chi connectivity index (χ0v) is 32.0. The van der Waals surface area contributed by atoms with Crippen LogP contribution in [-0.4, -0.2) is 75.2 Å². The van der Waals surface area contributed by atoms with Crippen molar-refractivity contribution >= 4 is 40.2 Å². The van der Waals surface area contributed by atoms with Gasteiger partial charge in [0.05, 0.1) is 18.0 Å². The zero-order valence-electron chi connectivity index (χ0n) is 32.0. The quantitative estimate of drug-likeness (QED) is 0.152. The van der Waals surface area contributed by atoms with Crippen molar-refractivity contribution in [2.75, 3.05) is 13.1 Å². The topological polar surface area (TPSA) is 150 Å². The number of Topliss-reactive ketones (excluding diaryl/α,β-unsaturated/α-hetero) is 1. The Morgan fingerprint density at radius 2 is 1.71 bits per heavy atom. The molecule has 11 nitrogen and oxygen atoms in total. The summed E-state index contributed by atoms with van der Waals surface area (Å²) in [6, 6.07) is 5.35. The van der Waals surface area contributed by atoms with Gasteiger partial charge in [0.1, 0.15) is 6.04 Å². The molecule has 280 valence electrons. The first-order chi connectivity index (χ1) is 23.7. The molecule has 2 heterocycles. The smallest absolute Gasteiger partial charge is 0.289 e. The van der Waals surface area contributed by atoms with Gasteiger partial charge in [0, 0.05) is 43.0 Å². The Morgan fingerprint density at radius 3 is 2.29 bits per heavy atom. The van der Waals surface area contributed by atoms with E-state index in [0.717, 1.165) is 17.2 Å². The number of carbonyl (C=O) groups excluding carboxylic acids is 5. The number of rotatable bonds is 15. The number of unbranched alkanes of at least 4 members (excludes halogenated alkanes) is 1. The van der Waals surface area contributed by atoms with Crippen molar-refractivity contribution in [1.29, 1.82) is 0 Å². The summed E-state index contributed by atoms with van der Waals surface area (Å²) >= 11 is 0. The number of fused-ring (bicyclic) bond motifs is 2. The predicted octanol–water partition coefficient (Wildman–Crippen LogP) is 4.96. The Bertz CT molecular complexity index is 1650. The molecule has 0 bridgehead atoms. The normalized spacial score (nSPS) is 21.3. The van der Waals surface area contributed by atoms with Gasteiger partial charge in [-0.2, -0.15) is 0 Å². The molecule has 11 heteroatoms. The maximum absolute atomic E-state index is 14.5. The number of ketones is 1. The van der Waals surface area contributed by atoms with Crippen LogP contribution in [0.4, 0.5) is 0 Å². The summed E-state index contributed by atoms with van der Waals surface area (Å²) in [7, 11) is 0. The monoisotopic (exact) mass is 705 g/mol. The van der Waals surface area contributed by atoms with E-state index >= 15 is 0 Å². The minimum Gasteiger partial charge on any atom is -0.494 e. The summed E-state index contributed by atoms with van der Waals surface area (Å²) in [6.07, 6.45) is 4.97. The first-order valence-corrected chi connectivity index (χ1v) is 18.3. The van der Waals surface area contributed by atoms with Gasteiger partial charge in [-0.15, -0.1) is 6.58 Å². The summed E-state index contributed by atoms with van der Waals surface area (Å²) in [5.41, 5.74) is -1.17. The Labute approximate surface area is 303 Å². The summed E-state index contributed by atoms with van der Waals surface area (Å²) in [6.45, 7) is 22.4. The Balaban J connectivity index is 1.54. The van der Waals surface area contributed by atoms with Crippen molar-refractivity contribution in [3.63, 3.8) is 0 Å². The molecular weight excluding hydrogens is 646 g/mol. The van der Waals surface area contributed by atoms with Crippen molar-refractivity contribution < 1.29 is 29.1 Å². The molecule has 2 aliphatic rings. The number of hydrogen-bond acceptors (Lipinski definition) is 6. The number of benzene rings is 1. The van der Waals surface area contributed by atoms with Crippen molar-refractivity contribution in [3.05, 3.63) is 43.1 Å². The molecular formula is C40H59N5O6. The molecule has 1 saturated carbocycles. The van der Waals surface area contributed by atoms with Crippen LogP contribution in [0.5, 0.6) is 5.88 Å². The first-order valence-electron chi connectivity index (χ1n) is 18.3. The molecule has 1 aromatic carbocycles. The third kappa shape index (κ3) is 8.67. The second kappa shape index (κ2) is 15.2. The SMILES string of the molecule is C=CCNC(=O)C(=O)C(CCCC)NC(=O)[C@@H]1[C@@H]2[C@H](CN1C(=O)[C@@H](CC(=O)N[C@H](Cn1cc3ccccc3c1O)C(C)(C)C)C(C)(C)C)C2(C)C. The van der Waals surface area contributed by atoms with Gasteiger partial charge in [-0.05, 0) is 40.6 Å². The average Bonchev–Trinajstić information content (AvgIpc) is 3.34. The number of carbonyl (C=O) groups is 5. The molecule has 1 saturated heterocycles. The van der Waals surface area contributed by atoms with Gasteiger partial charge in [-0.1, -0.05) is 99.4 Å². The number of aromatic nitrogens is 1. The van der Waals surface area contributed by atoms with Gasteiger partial charge in [0.15, 0.2) is 5.88 Å². The molecule has 2 fully saturated rings. The van der Waals surface area contributed by atoms with Crippen LogP contribution >= 0.6 is 0 Å². The number of amides is 4. The molecule has 1 unspecified atom stereocenters. The molecule has 6 atom stereocenters. The lowest BCUT2D eigenvalue weighted by Gasteiger charge is -2.38. The number of nitrogens with zero attached hydrogens (tertiary/aromatic N) is 2. The van der Waals surface area contributed by atoms with E-state index in [1.54, 1.807) is 9.47 Å². The second-order valence-electron chi connectivity index (χ2n) is 17.3. The number of piperidine rings is 1. The molecule has 4 rings (SSSR count). The highest BCUT2D eigenvalue weighted by atomic mass is 16.3. The van der Waals surface area contributed by atoms with Crippen molar-refractivity contribution in [1.82, 2.24) is 25.4 Å². The Hall–Kier alpha value is -4.15. The van der Waals surface area contributed by atoms with Gasteiger partial charge < -0.3 is 30.5 Å². The fourth-order valence-corrected chi connectivity index (χ4v) is 7.63. The largest absolute Gasteiger partial charge is 0.494 e. The number of hydrogen-bond donors (Lipinski definition) is 4. The van der Waals surface area contributed by atoms with Gasteiger partial charge in [0.25, 0.3) is 5.91 Å². The third-order valence-electron chi connectivity index (χ3n) is 11.1. The molecule has 51 heavy (non-hydrogen) atoms. The molecule has 1 aliphatic carbocycles. The molecule has 4 N–H and O–H groups in total. The van der Waals surface area contributed by atoms with Gasteiger partial charge in [0.2, 0.25) is 23.5 Å². The number of likely N-dealkylation sites (tertiary alicyclic amines) is 1. The Kier molecular flexibility index (Phi) is 11.8. The van der Waals surface area contributed by atoms with E-state index in [1.807, 2.05) is 78.9 Å². The third-order valence-corrected chi connectivity index (χ3v) is 11.1. The van der Waals surface area contributed by atoms with Gasteiger partial charge in [-0.25, -0.2) is 0 Å². The predicted molar refractivity (Wildman–Crippen MR) is 198 cm³/mol.